The van der Waals surface area contributed by atoms with Crippen LogP contribution in [-0.2, 0) is 14.2 Å². The summed E-state index contributed by atoms with van der Waals surface area (Å²) in [4.78, 5) is 4.42. The van der Waals surface area contributed by atoms with Gasteiger partial charge in [-0.25, -0.2) is 0 Å². The Labute approximate surface area is 282 Å². The van der Waals surface area contributed by atoms with E-state index in [4.69, 9.17) is 14.2 Å². The number of hydrogen-bond donors (Lipinski definition) is 3. The Bertz CT molecular complexity index is 780. The number of quaternary nitrogens is 1. The molecule has 0 radical (unpaired) electrons. The van der Waals surface area contributed by atoms with E-state index in [1.807, 2.05) is 25.2 Å². The monoisotopic (exact) mass is 655 g/mol. The normalized spacial score (nSPS) is 18.0. The van der Waals surface area contributed by atoms with E-state index in [1.165, 1.54) is 12.8 Å². The lowest BCUT2D eigenvalue weighted by molar-refractivity contribution is -0.914. The van der Waals surface area contributed by atoms with Crippen molar-refractivity contribution in [1.29, 1.82) is 0 Å². The summed E-state index contributed by atoms with van der Waals surface area (Å²) in [5.74, 6) is 0. The fourth-order valence-electron chi connectivity index (χ4n) is 6.44. The molecule has 1 aliphatic heterocycles. The Morgan fingerprint density at radius 2 is 1.22 bits per heavy atom. The van der Waals surface area contributed by atoms with Crippen molar-refractivity contribution in [3.05, 3.63) is 38.0 Å². The molecule has 1 rings (SSSR count). The molecular formula is C37H72N3O6+. The topological polar surface area (TPSA) is 94.9 Å². The predicted octanol–water partition coefficient (Wildman–Crippen LogP) is 4.42. The molecule has 1 saturated heterocycles. The molecule has 0 aliphatic carbocycles. The molecule has 46 heavy (non-hydrogen) atoms. The zero-order chi connectivity index (χ0) is 34.1. The van der Waals surface area contributed by atoms with Gasteiger partial charge >= 0.3 is 0 Å². The molecule has 0 bridgehead atoms. The van der Waals surface area contributed by atoms with Gasteiger partial charge in [0.1, 0.15) is 18.2 Å². The molecule has 0 aromatic rings. The lowest BCUT2D eigenvalue weighted by Crippen LogP contribution is -2.51. The molecular weight excluding hydrogens is 582 g/mol. The van der Waals surface area contributed by atoms with E-state index in [0.717, 1.165) is 88.8 Å². The first kappa shape index (κ1) is 42.9. The van der Waals surface area contributed by atoms with Crippen LogP contribution in [0.15, 0.2) is 38.0 Å². The zero-order valence-corrected chi connectivity index (χ0v) is 30.0. The van der Waals surface area contributed by atoms with E-state index < -0.39 is 23.9 Å². The van der Waals surface area contributed by atoms with Crippen LogP contribution in [0.1, 0.15) is 78.6 Å². The van der Waals surface area contributed by atoms with E-state index in [2.05, 4.69) is 43.4 Å². The second-order valence-corrected chi connectivity index (χ2v) is 13.5. The van der Waals surface area contributed by atoms with Crippen molar-refractivity contribution < 1.29 is 34.0 Å². The van der Waals surface area contributed by atoms with Crippen molar-refractivity contribution in [2.75, 3.05) is 98.5 Å². The number of ether oxygens (including phenoxy) is 3. The number of aliphatic hydroxyl groups excluding tert-OH is 3. The summed E-state index contributed by atoms with van der Waals surface area (Å²) in [5, 5.41) is 32.7. The van der Waals surface area contributed by atoms with E-state index in [-0.39, 0.29) is 33.0 Å². The third-order valence-corrected chi connectivity index (χ3v) is 9.07. The van der Waals surface area contributed by atoms with Crippen LogP contribution in [0.2, 0.25) is 0 Å². The lowest BCUT2D eigenvalue weighted by atomic mass is 10.0. The molecule has 0 saturated carbocycles. The van der Waals surface area contributed by atoms with E-state index in [0.29, 0.717) is 26.1 Å². The fourth-order valence-corrected chi connectivity index (χ4v) is 6.44. The summed E-state index contributed by atoms with van der Waals surface area (Å²) < 4.78 is 19.5. The minimum Gasteiger partial charge on any atom is -0.389 e. The molecule has 0 aromatic carbocycles. The first-order chi connectivity index (χ1) is 22.2. The molecule has 0 amide bonds. The van der Waals surface area contributed by atoms with Gasteiger partial charge < -0.3 is 34.0 Å². The third kappa shape index (κ3) is 18.4. The Morgan fingerprint density at radius 1 is 0.717 bits per heavy atom. The van der Waals surface area contributed by atoms with Crippen LogP contribution in [0, 0.1) is 0 Å². The van der Waals surface area contributed by atoms with Crippen LogP contribution in [0.4, 0.5) is 0 Å². The maximum atomic E-state index is 11.0. The van der Waals surface area contributed by atoms with E-state index >= 15 is 0 Å². The Morgan fingerprint density at radius 3 is 1.67 bits per heavy atom. The number of rotatable bonds is 32. The molecule has 270 valence electrons. The summed E-state index contributed by atoms with van der Waals surface area (Å²) in [7, 11) is 0. The van der Waals surface area contributed by atoms with E-state index in [9.17, 15) is 15.3 Å². The van der Waals surface area contributed by atoms with Crippen LogP contribution in [0.3, 0.4) is 0 Å². The molecule has 3 N–H and O–H groups in total. The van der Waals surface area contributed by atoms with Crippen molar-refractivity contribution in [3.8, 4) is 0 Å². The van der Waals surface area contributed by atoms with Crippen molar-refractivity contribution in [3.63, 3.8) is 0 Å². The molecule has 0 aromatic heterocycles. The maximum Gasteiger partial charge on any atom is 0.126 e. The SMILES string of the molecule is C=CCN(CCCCC)CC(O)COCC(CC)(COCC(O)C[N+]1(CC=C)CCCC1)OCC(O)CN(CC=C)CCCCC. The number of aliphatic hydroxyl groups is 3. The van der Waals surface area contributed by atoms with Gasteiger partial charge in [0.25, 0.3) is 0 Å². The Hall–Kier alpha value is -1.14. The number of hydrogen-bond acceptors (Lipinski definition) is 8. The maximum absolute atomic E-state index is 11.0. The molecule has 0 spiro atoms. The van der Waals surface area contributed by atoms with Gasteiger partial charge in [-0.3, -0.25) is 9.80 Å². The van der Waals surface area contributed by atoms with Gasteiger partial charge in [-0.2, -0.15) is 0 Å². The second kappa shape index (κ2) is 25.8. The number of likely N-dealkylation sites (tertiary alicyclic amines) is 1. The molecule has 9 heteroatoms. The fraction of sp³-hybridized carbons (Fsp3) is 0.838. The average Bonchev–Trinajstić information content (AvgIpc) is 3.47. The molecule has 4 atom stereocenters. The van der Waals surface area contributed by atoms with Gasteiger partial charge in [0.05, 0.1) is 64.9 Å². The highest BCUT2D eigenvalue weighted by molar-refractivity contribution is 4.83. The number of unbranched alkanes of at least 4 members (excludes halogenated alkanes) is 4. The molecule has 1 fully saturated rings. The minimum atomic E-state index is -0.825. The van der Waals surface area contributed by atoms with Gasteiger partial charge in [0.15, 0.2) is 0 Å². The highest BCUT2D eigenvalue weighted by Crippen LogP contribution is 2.22. The Kier molecular flexibility index (Phi) is 24.1. The summed E-state index contributed by atoms with van der Waals surface area (Å²) in [6, 6.07) is 0. The van der Waals surface area contributed by atoms with Crippen molar-refractivity contribution in [1.82, 2.24) is 9.80 Å². The molecule has 1 heterocycles. The second-order valence-electron chi connectivity index (χ2n) is 13.5. The van der Waals surface area contributed by atoms with Crippen molar-refractivity contribution in [2.24, 2.45) is 0 Å². The van der Waals surface area contributed by atoms with Gasteiger partial charge in [0, 0.05) is 39.0 Å². The molecule has 1 aliphatic rings. The quantitative estimate of drug-likeness (QED) is 0.0558. The highest BCUT2D eigenvalue weighted by atomic mass is 16.6. The standard InChI is InChI=1S/C37H72N3O6/c1-7-13-15-21-38(19-9-3)26-34(41)29-44-32-37(12-6,46-31-35(42)27-39(20-10-4)22-16-14-8-2)33-45-30-36(43)28-40(23-11-5)24-17-18-25-40/h9-11,34-36,41-43H,3-5,7-8,12-33H2,1-2,6H3/q+1. The van der Waals surface area contributed by atoms with Crippen LogP contribution in [0.25, 0.3) is 0 Å². The largest absolute Gasteiger partial charge is 0.389 e. The van der Waals surface area contributed by atoms with Crippen LogP contribution < -0.4 is 0 Å². The summed E-state index contributed by atoms with van der Waals surface area (Å²) in [5.41, 5.74) is -0.825. The van der Waals surface area contributed by atoms with Crippen LogP contribution in [-0.4, -0.2) is 152 Å². The smallest absolute Gasteiger partial charge is 0.126 e. The van der Waals surface area contributed by atoms with E-state index in [1.54, 1.807) is 0 Å². The Balaban J connectivity index is 2.83. The molecule has 4 unspecified atom stereocenters. The molecule has 9 nitrogen and oxygen atoms in total. The van der Waals surface area contributed by atoms with Crippen LogP contribution in [0.5, 0.6) is 0 Å². The third-order valence-electron chi connectivity index (χ3n) is 9.07. The first-order valence-corrected chi connectivity index (χ1v) is 18.2. The highest BCUT2D eigenvalue weighted by Gasteiger charge is 2.35. The summed E-state index contributed by atoms with van der Waals surface area (Å²) in [6.07, 6.45) is 13.5. The van der Waals surface area contributed by atoms with Gasteiger partial charge in [0.2, 0.25) is 0 Å². The average molecular weight is 655 g/mol. The lowest BCUT2D eigenvalue weighted by Gasteiger charge is -2.36. The zero-order valence-electron chi connectivity index (χ0n) is 30.0. The predicted molar refractivity (Wildman–Crippen MR) is 190 cm³/mol. The summed E-state index contributed by atoms with van der Waals surface area (Å²) >= 11 is 0. The first-order valence-electron chi connectivity index (χ1n) is 18.2. The van der Waals surface area contributed by atoms with Gasteiger partial charge in [-0.05, 0) is 38.4 Å². The van der Waals surface area contributed by atoms with Crippen molar-refractivity contribution in [2.45, 2.75) is 102 Å². The number of nitrogens with zero attached hydrogens (tertiary/aromatic N) is 3. The van der Waals surface area contributed by atoms with Crippen molar-refractivity contribution >= 4 is 0 Å². The van der Waals surface area contributed by atoms with Gasteiger partial charge in [-0.15, -0.1) is 13.2 Å². The summed E-state index contributed by atoms with van der Waals surface area (Å²) in [6.45, 7) is 26.9. The van der Waals surface area contributed by atoms with Crippen LogP contribution >= 0.6 is 0 Å². The van der Waals surface area contributed by atoms with Gasteiger partial charge in [-0.1, -0.05) is 65.2 Å². The minimum absolute atomic E-state index is 0.136.